The summed E-state index contributed by atoms with van der Waals surface area (Å²) >= 11 is 0. The third kappa shape index (κ3) is 4.66. The molecule has 3 amide bonds. The number of hydrogen-bond acceptors (Lipinski definition) is 4. The molecule has 1 aliphatic rings. The molecule has 0 unspecified atom stereocenters. The zero-order chi connectivity index (χ0) is 17.5. The molecule has 0 aromatic heterocycles. The number of benzene rings is 1. The largest absolute Gasteiger partial charge is 0.353 e. The normalized spacial score (nSPS) is 15.3. The Balaban J connectivity index is 2.07. The molecule has 0 aliphatic carbocycles. The van der Waals surface area contributed by atoms with Crippen molar-refractivity contribution in [2.45, 2.75) is 25.8 Å². The van der Waals surface area contributed by atoms with Crippen molar-refractivity contribution < 1.29 is 19.6 Å². The highest BCUT2D eigenvalue weighted by atomic mass is 16.5. The molecule has 1 aromatic carbocycles. The second-order valence-corrected chi connectivity index (χ2v) is 5.66. The Morgan fingerprint density at radius 3 is 2.50 bits per heavy atom. The molecule has 3 N–H and O–H groups in total. The fourth-order valence-corrected chi connectivity index (χ4v) is 2.72. The van der Waals surface area contributed by atoms with Gasteiger partial charge in [0, 0.05) is 37.7 Å². The van der Waals surface area contributed by atoms with E-state index in [9.17, 15) is 14.4 Å². The number of piperidine rings is 1. The maximum absolute atomic E-state index is 12.7. The molecule has 24 heavy (non-hydrogen) atoms. The first kappa shape index (κ1) is 17.7. The van der Waals surface area contributed by atoms with Crippen molar-refractivity contribution in [2.75, 3.05) is 13.1 Å². The van der Waals surface area contributed by atoms with E-state index < -0.39 is 5.91 Å². The quantitative estimate of drug-likeness (QED) is 0.434. The van der Waals surface area contributed by atoms with E-state index in [4.69, 9.17) is 5.21 Å². The van der Waals surface area contributed by atoms with Crippen molar-refractivity contribution in [3.05, 3.63) is 41.5 Å². The summed E-state index contributed by atoms with van der Waals surface area (Å²) in [4.78, 5) is 36.7. The maximum Gasteiger partial charge on any atom is 0.267 e. The number of hydroxylamine groups is 1. The van der Waals surface area contributed by atoms with Crippen LogP contribution in [0, 0.1) is 0 Å². The minimum Gasteiger partial charge on any atom is -0.353 e. The molecular formula is C17H21N3O4. The van der Waals surface area contributed by atoms with Gasteiger partial charge in [0.1, 0.15) is 0 Å². The SMILES string of the molecule is CC(=O)NC1CCN(C(=O)c2ccccc2/C=C/C(=O)NO)CC1. The number of likely N-dealkylation sites (tertiary alicyclic amines) is 1. The summed E-state index contributed by atoms with van der Waals surface area (Å²) in [5.74, 6) is -0.827. The number of rotatable bonds is 4. The number of amides is 3. The van der Waals surface area contributed by atoms with Gasteiger partial charge in [-0.3, -0.25) is 19.6 Å². The Morgan fingerprint density at radius 1 is 1.21 bits per heavy atom. The molecule has 7 heteroatoms. The molecule has 1 aliphatic heterocycles. The van der Waals surface area contributed by atoms with Crippen molar-refractivity contribution in [1.29, 1.82) is 0 Å². The van der Waals surface area contributed by atoms with Gasteiger partial charge in [-0.15, -0.1) is 0 Å². The summed E-state index contributed by atoms with van der Waals surface area (Å²) in [7, 11) is 0. The number of carbonyl (C=O) groups is 3. The lowest BCUT2D eigenvalue weighted by Gasteiger charge is -2.32. The third-order valence-corrected chi connectivity index (χ3v) is 3.91. The van der Waals surface area contributed by atoms with Crippen LogP contribution in [0.1, 0.15) is 35.7 Å². The second-order valence-electron chi connectivity index (χ2n) is 5.66. The standard InChI is InChI=1S/C17H21N3O4/c1-12(21)18-14-8-10-20(11-9-14)17(23)15-5-3-2-4-13(15)6-7-16(22)19-24/h2-7,14,24H,8-11H2,1H3,(H,18,21)(H,19,22)/b7-6+. The first-order chi connectivity index (χ1) is 11.5. The van der Waals surface area contributed by atoms with Gasteiger partial charge in [0.15, 0.2) is 0 Å². The number of nitrogens with one attached hydrogen (secondary N) is 2. The Hall–Kier alpha value is -2.67. The zero-order valence-corrected chi connectivity index (χ0v) is 13.5. The van der Waals surface area contributed by atoms with Crippen molar-refractivity contribution in [3.8, 4) is 0 Å². The van der Waals surface area contributed by atoms with Gasteiger partial charge >= 0.3 is 0 Å². The third-order valence-electron chi connectivity index (χ3n) is 3.91. The van der Waals surface area contributed by atoms with Crippen LogP contribution in [0.4, 0.5) is 0 Å². The minimum atomic E-state index is -0.659. The van der Waals surface area contributed by atoms with E-state index in [1.807, 2.05) is 0 Å². The van der Waals surface area contributed by atoms with Gasteiger partial charge in [-0.25, -0.2) is 5.48 Å². The van der Waals surface area contributed by atoms with Gasteiger partial charge in [-0.2, -0.15) is 0 Å². The van der Waals surface area contributed by atoms with Gasteiger partial charge in [-0.05, 0) is 30.5 Å². The van der Waals surface area contributed by atoms with Crippen LogP contribution in [0.15, 0.2) is 30.3 Å². The van der Waals surface area contributed by atoms with E-state index >= 15 is 0 Å². The summed E-state index contributed by atoms with van der Waals surface area (Å²) in [5, 5.41) is 11.4. The number of carbonyl (C=O) groups excluding carboxylic acids is 3. The Labute approximate surface area is 140 Å². The molecular weight excluding hydrogens is 310 g/mol. The summed E-state index contributed by atoms with van der Waals surface area (Å²) in [5.41, 5.74) is 2.62. The van der Waals surface area contributed by atoms with Crippen molar-refractivity contribution in [2.24, 2.45) is 0 Å². The molecule has 0 saturated carbocycles. The van der Waals surface area contributed by atoms with E-state index in [2.05, 4.69) is 5.32 Å². The highest BCUT2D eigenvalue weighted by Gasteiger charge is 2.24. The van der Waals surface area contributed by atoms with E-state index in [1.165, 1.54) is 18.5 Å². The maximum atomic E-state index is 12.7. The van der Waals surface area contributed by atoms with Crippen LogP contribution in [0.3, 0.4) is 0 Å². The van der Waals surface area contributed by atoms with Crippen LogP contribution in [-0.4, -0.2) is 47.0 Å². The fourth-order valence-electron chi connectivity index (χ4n) is 2.72. The van der Waals surface area contributed by atoms with Crippen molar-refractivity contribution >= 4 is 23.8 Å². The molecule has 1 aromatic rings. The van der Waals surface area contributed by atoms with Gasteiger partial charge in [-0.1, -0.05) is 18.2 Å². The number of nitrogens with zero attached hydrogens (tertiary/aromatic N) is 1. The topological polar surface area (TPSA) is 98.7 Å². The molecule has 0 bridgehead atoms. The van der Waals surface area contributed by atoms with E-state index in [0.29, 0.717) is 24.2 Å². The van der Waals surface area contributed by atoms with Crippen LogP contribution in [-0.2, 0) is 9.59 Å². The summed E-state index contributed by atoms with van der Waals surface area (Å²) in [6.45, 7) is 2.63. The van der Waals surface area contributed by atoms with Gasteiger partial charge in [0.25, 0.3) is 11.8 Å². The summed E-state index contributed by atoms with van der Waals surface area (Å²) in [6, 6.07) is 7.09. The molecule has 0 atom stereocenters. The predicted molar refractivity (Wildman–Crippen MR) is 88.1 cm³/mol. The average molecular weight is 331 g/mol. The lowest BCUT2D eigenvalue weighted by atomic mass is 10.0. The smallest absolute Gasteiger partial charge is 0.267 e. The van der Waals surface area contributed by atoms with Gasteiger partial charge < -0.3 is 10.2 Å². The van der Waals surface area contributed by atoms with Crippen molar-refractivity contribution in [1.82, 2.24) is 15.7 Å². The van der Waals surface area contributed by atoms with Crippen LogP contribution in [0.25, 0.3) is 6.08 Å². The first-order valence-electron chi connectivity index (χ1n) is 7.79. The predicted octanol–water partition coefficient (Wildman–Crippen LogP) is 0.946. The molecule has 1 heterocycles. The highest BCUT2D eigenvalue weighted by molar-refractivity contribution is 5.99. The van der Waals surface area contributed by atoms with Gasteiger partial charge in [0.05, 0.1) is 0 Å². The lowest BCUT2D eigenvalue weighted by Crippen LogP contribution is -2.46. The monoisotopic (exact) mass is 331 g/mol. The number of hydrogen-bond donors (Lipinski definition) is 3. The molecule has 1 fully saturated rings. The highest BCUT2D eigenvalue weighted by Crippen LogP contribution is 2.18. The van der Waals surface area contributed by atoms with Crippen molar-refractivity contribution in [3.63, 3.8) is 0 Å². The molecule has 7 nitrogen and oxygen atoms in total. The first-order valence-corrected chi connectivity index (χ1v) is 7.79. The van der Waals surface area contributed by atoms with E-state index in [0.717, 1.165) is 18.9 Å². The molecule has 0 spiro atoms. The molecule has 0 radical (unpaired) electrons. The van der Waals surface area contributed by atoms with Gasteiger partial charge in [0.2, 0.25) is 5.91 Å². The fraction of sp³-hybridized carbons (Fsp3) is 0.353. The summed E-state index contributed by atoms with van der Waals surface area (Å²) < 4.78 is 0. The molecule has 1 saturated heterocycles. The van der Waals surface area contributed by atoms with Crippen LogP contribution in [0.5, 0.6) is 0 Å². The molecule has 2 rings (SSSR count). The van der Waals surface area contributed by atoms with E-state index in [1.54, 1.807) is 29.2 Å². The second kappa shape index (κ2) is 8.26. The lowest BCUT2D eigenvalue weighted by molar-refractivity contribution is -0.124. The Morgan fingerprint density at radius 2 is 1.88 bits per heavy atom. The summed E-state index contributed by atoms with van der Waals surface area (Å²) in [6.07, 6.45) is 4.09. The van der Waals surface area contributed by atoms with Crippen LogP contribution >= 0.6 is 0 Å². The Bertz CT molecular complexity index is 649. The molecule has 128 valence electrons. The van der Waals surface area contributed by atoms with Crippen LogP contribution < -0.4 is 10.8 Å². The zero-order valence-electron chi connectivity index (χ0n) is 13.5. The minimum absolute atomic E-state index is 0.0579. The Kier molecular flexibility index (Phi) is 6.08. The van der Waals surface area contributed by atoms with Crippen LogP contribution in [0.2, 0.25) is 0 Å². The van der Waals surface area contributed by atoms with E-state index in [-0.39, 0.29) is 17.9 Å². The average Bonchev–Trinajstić information content (AvgIpc) is 2.59.